The molecule has 2 aromatic rings. The van der Waals surface area contributed by atoms with Crippen molar-refractivity contribution in [1.82, 2.24) is 0 Å². The molecule has 27 heavy (non-hydrogen) atoms. The maximum absolute atomic E-state index is 13.2. The number of nitrogens with zero attached hydrogens (tertiary/aromatic N) is 1. The van der Waals surface area contributed by atoms with Crippen molar-refractivity contribution >= 4 is 23.0 Å². The second-order valence-electron chi connectivity index (χ2n) is 6.09. The predicted octanol–water partition coefficient (Wildman–Crippen LogP) is 4.67. The van der Waals surface area contributed by atoms with E-state index < -0.39 is 40.0 Å². The van der Waals surface area contributed by atoms with Crippen molar-refractivity contribution < 1.29 is 22.9 Å². The van der Waals surface area contributed by atoms with Crippen LogP contribution in [0, 0.1) is 24.0 Å². The fraction of sp³-hybridized carbons (Fsp3) is 0.278. The molecule has 0 spiro atoms. The summed E-state index contributed by atoms with van der Waals surface area (Å²) >= 11 is 0. The van der Waals surface area contributed by atoms with Crippen LogP contribution in [0.4, 0.5) is 30.2 Å². The molecule has 2 aromatic carbocycles. The van der Waals surface area contributed by atoms with Crippen molar-refractivity contribution in [3.8, 4) is 0 Å². The van der Waals surface area contributed by atoms with Crippen LogP contribution in [-0.2, 0) is 11.0 Å². The van der Waals surface area contributed by atoms with Gasteiger partial charge in [0.15, 0.2) is 0 Å². The molecule has 0 saturated heterocycles. The van der Waals surface area contributed by atoms with Gasteiger partial charge in [-0.15, -0.1) is 0 Å². The number of non-ortho nitro benzene ring substituents is 1. The Morgan fingerprint density at radius 3 is 2.41 bits per heavy atom. The predicted molar refractivity (Wildman–Crippen MR) is 95.7 cm³/mol. The molecule has 0 aliphatic heterocycles. The quantitative estimate of drug-likeness (QED) is 0.582. The Bertz CT molecular complexity index is 882. The van der Waals surface area contributed by atoms with Crippen molar-refractivity contribution in [2.45, 2.75) is 33.0 Å². The molecule has 2 N–H and O–H groups in total. The molecule has 144 valence electrons. The standard InChI is InChI=1S/C18H18F3N3O3/c1-10-5-4-6-15(11(10)2)22-12(3)17(25)23-16-8-7-13(24(26)27)9-14(16)18(19,20)21/h4-9,12,22H,1-3H3,(H,23,25). The first-order chi connectivity index (χ1) is 12.5. The van der Waals surface area contributed by atoms with Gasteiger partial charge in [0.25, 0.3) is 5.69 Å². The topological polar surface area (TPSA) is 84.3 Å². The summed E-state index contributed by atoms with van der Waals surface area (Å²) in [5.41, 5.74) is 0.0989. The first kappa shape index (κ1) is 20.2. The van der Waals surface area contributed by atoms with Crippen LogP contribution in [-0.4, -0.2) is 16.9 Å². The van der Waals surface area contributed by atoms with Crippen LogP contribution in [0.15, 0.2) is 36.4 Å². The second kappa shape index (κ2) is 7.65. The van der Waals surface area contributed by atoms with Gasteiger partial charge in [0, 0.05) is 17.8 Å². The van der Waals surface area contributed by atoms with Gasteiger partial charge in [0.05, 0.1) is 16.2 Å². The van der Waals surface area contributed by atoms with Crippen LogP contribution in [0.5, 0.6) is 0 Å². The monoisotopic (exact) mass is 381 g/mol. The fourth-order valence-electron chi connectivity index (χ4n) is 2.44. The van der Waals surface area contributed by atoms with Crippen molar-refractivity contribution in [1.29, 1.82) is 0 Å². The molecular formula is C18H18F3N3O3. The number of nitrogens with one attached hydrogen (secondary N) is 2. The van der Waals surface area contributed by atoms with Gasteiger partial charge in [-0.25, -0.2) is 0 Å². The summed E-state index contributed by atoms with van der Waals surface area (Å²) in [7, 11) is 0. The van der Waals surface area contributed by atoms with Crippen LogP contribution >= 0.6 is 0 Å². The number of aryl methyl sites for hydroxylation is 1. The summed E-state index contributed by atoms with van der Waals surface area (Å²) in [4.78, 5) is 22.1. The van der Waals surface area contributed by atoms with Crippen LogP contribution in [0.2, 0.25) is 0 Å². The number of carbonyl (C=O) groups is 1. The molecule has 0 saturated carbocycles. The lowest BCUT2D eigenvalue weighted by atomic mass is 10.1. The number of nitro benzene ring substituents is 1. The zero-order valence-electron chi connectivity index (χ0n) is 14.8. The number of hydrogen-bond acceptors (Lipinski definition) is 4. The highest BCUT2D eigenvalue weighted by Gasteiger charge is 2.36. The molecule has 1 unspecified atom stereocenters. The van der Waals surface area contributed by atoms with Crippen LogP contribution in [0.1, 0.15) is 23.6 Å². The van der Waals surface area contributed by atoms with E-state index in [0.29, 0.717) is 11.8 Å². The minimum Gasteiger partial charge on any atom is -0.374 e. The van der Waals surface area contributed by atoms with Crippen molar-refractivity contribution in [2.24, 2.45) is 0 Å². The van der Waals surface area contributed by atoms with E-state index in [2.05, 4.69) is 10.6 Å². The van der Waals surface area contributed by atoms with Crippen LogP contribution in [0.3, 0.4) is 0 Å². The number of benzene rings is 2. The van der Waals surface area contributed by atoms with E-state index in [1.807, 2.05) is 19.9 Å². The molecule has 1 atom stereocenters. The molecule has 1 amide bonds. The zero-order chi connectivity index (χ0) is 20.4. The van der Waals surface area contributed by atoms with E-state index >= 15 is 0 Å². The third-order valence-corrected chi connectivity index (χ3v) is 4.15. The van der Waals surface area contributed by atoms with Crippen molar-refractivity contribution in [3.63, 3.8) is 0 Å². The summed E-state index contributed by atoms with van der Waals surface area (Å²) in [6.45, 7) is 5.27. The van der Waals surface area contributed by atoms with Gasteiger partial charge in [0.2, 0.25) is 5.91 Å². The Kier molecular flexibility index (Phi) is 5.72. The SMILES string of the molecule is Cc1cccc(NC(C)C(=O)Nc2ccc([N+](=O)[O-])cc2C(F)(F)F)c1C. The number of rotatable bonds is 5. The summed E-state index contributed by atoms with van der Waals surface area (Å²) in [5, 5.41) is 15.9. The third-order valence-electron chi connectivity index (χ3n) is 4.15. The van der Waals surface area contributed by atoms with E-state index in [-0.39, 0.29) is 0 Å². The molecule has 9 heteroatoms. The highest BCUT2D eigenvalue weighted by atomic mass is 19.4. The Hall–Kier alpha value is -3.10. The molecule has 0 radical (unpaired) electrons. The van der Waals surface area contributed by atoms with Crippen molar-refractivity contribution in [2.75, 3.05) is 10.6 Å². The molecule has 2 rings (SSSR count). The van der Waals surface area contributed by atoms with Crippen LogP contribution in [0.25, 0.3) is 0 Å². The molecule has 0 fully saturated rings. The highest BCUT2D eigenvalue weighted by Crippen LogP contribution is 2.37. The Balaban J connectivity index is 2.24. The molecule has 0 aliphatic rings. The Morgan fingerprint density at radius 2 is 1.81 bits per heavy atom. The summed E-state index contributed by atoms with van der Waals surface area (Å²) in [6.07, 6.45) is -4.85. The minimum absolute atomic E-state index is 0.401. The van der Waals surface area contributed by atoms with Gasteiger partial charge in [-0.2, -0.15) is 13.2 Å². The van der Waals surface area contributed by atoms with E-state index in [9.17, 15) is 28.1 Å². The van der Waals surface area contributed by atoms with E-state index in [1.54, 1.807) is 12.1 Å². The zero-order valence-corrected chi connectivity index (χ0v) is 14.8. The first-order valence-corrected chi connectivity index (χ1v) is 8.00. The molecule has 0 aromatic heterocycles. The lowest BCUT2D eigenvalue weighted by Gasteiger charge is -2.19. The van der Waals surface area contributed by atoms with Gasteiger partial charge in [-0.05, 0) is 44.0 Å². The van der Waals surface area contributed by atoms with E-state index in [4.69, 9.17) is 0 Å². The highest BCUT2D eigenvalue weighted by molar-refractivity contribution is 5.97. The number of carbonyl (C=O) groups excluding carboxylic acids is 1. The van der Waals surface area contributed by atoms with Gasteiger partial charge < -0.3 is 10.6 Å². The normalized spacial score (nSPS) is 12.4. The maximum atomic E-state index is 13.2. The average molecular weight is 381 g/mol. The lowest BCUT2D eigenvalue weighted by molar-refractivity contribution is -0.385. The molecule has 0 bridgehead atoms. The number of nitro groups is 1. The molecule has 6 nitrogen and oxygen atoms in total. The molecular weight excluding hydrogens is 363 g/mol. The lowest BCUT2D eigenvalue weighted by Crippen LogP contribution is -2.32. The number of anilines is 2. The first-order valence-electron chi connectivity index (χ1n) is 8.00. The van der Waals surface area contributed by atoms with Crippen LogP contribution < -0.4 is 10.6 Å². The van der Waals surface area contributed by atoms with Gasteiger partial charge in [-0.1, -0.05) is 12.1 Å². The third kappa shape index (κ3) is 4.75. The summed E-state index contributed by atoms with van der Waals surface area (Å²) in [5.74, 6) is -0.699. The smallest absolute Gasteiger partial charge is 0.374 e. The number of amides is 1. The van der Waals surface area contributed by atoms with E-state index in [1.165, 1.54) is 6.92 Å². The van der Waals surface area contributed by atoms with Crippen molar-refractivity contribution in [3.05, 3.63) is 63.2 Å². The minimum atomic E-state index is -4.85. The van der Waals surface area contributed by atoms with E-state index in [0.717, 1.165) is 23.3 Å². The molecule has 0 aliphatic carbocycles. The Morgan fingerprint density at radius 1 is 1.15 bits per heavy atom. The second-order valence-corrected chi connectivity index (χ2v) is 6.09. The van der Waals surface area contributed by atoms with Gasteiger partial charge >= 0.3 is 6.18 Å². The number of alkyl halides is 3. The maximum Gasteiger partial charge on any atom is 0.418 e. The molecule has 0 heterocycles. The summed E-state index contributed by atoms with van der Waals surface area (Å²) in [6, 6.07) is 6.82. The number of halogens is 3. The van der Waals surface area contributed by atoms with Gasteiger partial charge in [-0.3, -0.25) is 14.9 Å². The summed E-state index contributed by atoms with van der Waals surface area (Å²) < 4.78 is 39.6. The average Bonchev–Trinajstić information content (AvgIpc) is 2.58. The number of hydrogen-bond donors (Lipinski definition) is 2. The Labute approximate surface area is 153 Å². The fourth-order valence-corrected chi connectivity index (χ4v) is 2.44. The largest absolute Gasteiger partial charge is 0.418 e. The van der Waals surface area contributed by atoms with Gasteiger partial charge in [0.1, 0.15) is 6.04 Å².